The highest BCUT2D eigenvalue weighted by molar-refractivity contribution is 7.16. The lowest BCUT2D eigenvalue weighted by molar-refractivity contribution is -0.118. The lowest BCUT2D eigenvalue weighted by Gasteiger charge is -2.34. The Morgan fingerprint density at radius 2 is 2.12 bits per heavy atom. The summed E-state index contributed by atoms with van der Waals surface area (Å²) in [6.07, 6.45) is 4.64. The molecular weight excluding hydrogens is 352 g/mol. The number of thiophene rings is 1. The maximum absolute atomic E-state index is 12.6. The van der Waals surface area contributed by atoms with Gasteiger partial charge < -0.3 is 15.2 Å². The van der Waals surface area contributed by atoms with Crippen LogP contribution in [0.3, 0.4) is 0 Å². The summed E-state index contributed by atoms with van der Waals surface area (Å²) in [7, 11) is 0. The van der Waals surface area contributed by atoms with Crippen LogP contribution in [0.25, 0.3) is 0 Å². The van der Waals surface area contributed by atoms with Crippen molar-refractivity contribution in [3.8, 4) is 0 Å². The van der Waals surface area contributed by atoms with Crippen LogP contribution in [-0.4, -0.2) is 54.2 Å². The summed E-state index contributed by atoms with van der Waals surface area (Å²) >= 11 is 1.43. The first-order chi connectivity index (χ1) is 12.5. The van der Waals surface area contributed by atoms with E-state index >= 15 is 0 Å². The molecule has 0 aliphatic carbocycles. The third-order valence-electron chi connectivity index (χ3n) is 4.85. The van der Waals surface area contributed by atoms with Crippen LogP contribution in [0, 0.1) is 6.92 Å². The van der Waals surface area contributed by atoms with Crippen LogP contribution in [0.4, 0.5) is 5.00 Å². The van der Waals surface area contributed by atoms with Gasteiger partial charge in [-0.25, -0.2) is 4.79 Å². The summed E-state index contributed by atoms with van der Waals surface area (Å²) in [4.78, 5) is 28.1. The second kappa shape index (κ2) is 10.0. The summed E-state index contributed by atoms with van der Waals surface area (Å²) in [5.74, 6) is -0.496. The van der Waals surface area contributed by atoms with E-state index in [1.165, 1.54) is 11.3 Å². The smallest absolute Gasteiger partial charge is 0.341 e. The molecule has 26 heavy (non-hydrogen) atoms. The Morgan fingerprint density at radius 1 is 1.35 bits per heavy atom. The molecule has 1 aliphatic rings. The molecule has 1 fully saturated rings. The molecule has 7 heteroatoms. The van der Waals surface area contributed by atoms with Crippen molar-refractivity contribution in [1.29, 1.82) is 0 Å². The van der Waals surface area contributed by atoms with Gasteiger partial charge >= 0.3 is 5.97 Å². The fourth-order valence-electron chi connectivity index (χ4n) is 3.61. The van der Waals surface area contributed by atoms with Crippen molar-refractivity contribution in [2.24, 2.45) is 0 Å². The van der Waals surface area contributed by atoms with E-state index in [4.69, 9.17) is 4.74 Å². The van der Waals surface area contributed by atoms with Crippen molar-refractivity contribution in [3.63, 3.8) is 0 Å². The van der Waals surface area contributed by atoms with Gasteiger partial charge in [-0.15, -0.1) is 11.3 Å². The van der Waals surface area contributed by atoms with Gasteiger partial charge in [-0.05, 0) is 51.6 Å². The number of carbonyl (C=O) groups excluding carboxylic acids is 2. The number of carbonyl (C=O) groups is 2. The van der Waals surface area contributed by atoms with E-state index in [0.29, 0.717) is 23.6 Å². The summed E-state index contributed by atoms with van der Waals surface area (Å²) in [5, 5.41) is 12.7. The zero-order valence-corrected chi connectivity index (χ0v) is 16.8. The molecule has 0 radical (unpaired) electrons. The minimum absolute atomic E-state index is 0.121. The number of nitrogens with one attached hydrogen (secondary N) is 1. The van der Waals surface area contributed by atoms with Crippen molar-refractivity contribution < 1.29 is 19.4 Å². The molecule has 1 unspecified atom stereocenters. The minimum Gasteiger partial charge on any atom is -0.462 e. The van der Waals surface area contributed by atoms with Gasteiger partial charge in [0, 0.05) is 17.5 Å². The van der Waals surface area contributed by atoms with Crippen LogP contribution in [-0.2, 0) is 16.0 Å². The highest BCUT2D eigenvalue weighted by Gasteiger charge is 2.26. The number of nitrogens with zero attached hydrogens (tertiary/aromatic N) is 1. The molecule has 2 N–H and O–H groups in total. The van der Waals surface area contributed by atoms with E-state index in [1.807, 2.05) is 13.8 Å². The zero-order chi connectivity index (χ0) is 19.1. The van der Waals surface area contributed by atoms with E-state index in [-0.39, 0.29) is 31.1 Å². The van der Waals surface area contributed by atoms with E-state index in [1.54, 1.807) is 6.92 Å². The normalized spacial score (nSPS) is 17.9. The van der Waals surface area contributed by atoms with Gasteiger partial charge in [-0.1, -0.05) is 13.3 Å². The predicted octanol–water partition coefficient (Wildman–Crippen LogP) is 2.97. The van der Waals surface area contributed by atoms with Crippen LogP contribution in [0.15, 0.2) is 0 Å². The first-order valence-electron chi connectivity index (χ1n) is 9.45. The van der Waals surface area contributed by atoms with Crippen LogP contribution >= 0.6 is 11.3 Å². The molecule has 146 valence electrons. The molecule has 0 spiro atoms. The maximum atomic E-state index is 12.6. The van der Waals surface area contributed by atoms with E-state index in [2.05, 4.69) is 10.2 Å². The van der Waals surface area contributed by atoms with Gasteiger partial charge in [-0.2, -0.15) is 0 Å². The second-order valence-electron chi connectivity index (χ2n) is 6.60. The largest absolute Gasteiger partial charge is 0.462 e. The number of piperidine rings is 1. The van der Waals surface area contributed by atoms with Gasteiger partial charge in [0.05, 0.1) is 18.7 Å². The standard InChI is InChI=1S/C19H30N2O4S/c1-4-15-13(3)26-18(17(15)19(24)25-5-2)20-16(23)12-21-10-7-6-8-14(21)9-11-22/h14,22H,4-12H2,1-3H3,(H,20,23). The third kappa shape index (κ3) is 5.05. The summed E-state index contributed by atoms with van der Waals surface area (Å²) < 4.78 is 5.18. The number of esters is 1. The topological polar surface area (TPSA) is 78.9 Å². The van der Waals surface area contributed by atoms with Gasteiger partial charge in [0.2, 0.25) is 5.91 Å². The third-order valence-corrected chi connectivity index (χ3v) is 5.92. The lowest BCUT2D eigenvalue weighted by Crippen LogP contribution is -2.44. The molecule has 1 aromatic heterocycles. The minimum atomic E-state index is -0.375. The number of ether oxygens (including phenoxy) is 1. The SMILES string of the molecule is CCOC(=O)c1c(NC(=O)CN2CCCCC2CCO)sc(C)c1CC. The number of anilines is 1. The Hall–Kier alpha value is -1.44. The molecule has 1 atom stereocenters. The quantitative estimate of drug-likeness (QED) is 0.676. The predicted molar refractivity (Wildman–Crippen MR) is 104 cm³/mol. The highest BCUT2D eigenvalue weighted by atomic mass is 32.1. The molecule has 0 bridgehead atoms. The fraction of sp³-hybridized carbons (Fsp3) is 0.684. The number of aliphatic hydroxyl groups excluding tert-OH is 1. The first kappa shape index (κ1) is 20.9. The van der Waals surface area contributed by atoms with Crippen LogP contribution < -0.4 is 5.32 Å². The number of hydrogen-bond donors (Lipinski definition) is 2. The van der Waals surface area contributed by atoms with Gasteiger partial charge in [0.25, 0.3) is 0 Å². The van der Waals surface area contributed by atoms with Crippen molar-refractivity contribution >= 4 is 28.2 Å². The number of likely N-dealkylation sites (tertiary alicyclic amines) is 1. The average molecular weight is 383 g/mol. The Kier molecular flexibility index (Phi) is 8.06. The molecule has 1 amide bonds. The number of amides is 1. The van der Waals surface area contributed by atoms with Gasteiger partial charge in [-0.3, -0.25) is 9.69 Å². The second-order valence-corrected chi connectivity index (χ2v) is 7.82. The van der Waals surface area contributed by atoms with Crippen LogP contribution in [0.5, 0.6) is 0 Å². The molecule has 0 saturated carbocycles. The van der Waals surface area contributed by atoms with Crippen molar-refractivity contribution in [3.05, 3.63) is 16.0 Å². The number of rotatable bonds is 8. The van der Waals surface area contributed by atoms with Gasteiger partial charge in [0.1, 0.15) is 5.00 Å². The molecule has 1 saturated heterocycles. The first-order valence-corrected chi connectivity index (χ1v) is 10.3. The molecule has 6 nitrogen and oxygen atoms in total. The molecule has 2 heterocycles. The Morgan fingerprint density at radius 3 is 2.77 bits per heavy atom. The molecular formula is C19H30N2O4S. The number of hydrogen-bond acceptors (Lipinski definition) is 6. The molecule has 1 aliphatic heterocycles. The van der Waals surface area contributed by atoms with Crippen molar-refractivity contribution in [2.45, 2.75) is 58.9 Å². The molecule has 2 rings (SSSR count). The summed E-state index contributed by atoms with van der Waals surface area (Å²) in [5.41, 5.74) is 1.44. The monoisotopic (exact) mass is 382 g/mol. The maximum Gasteiger partial charge on any atom is 0.341 e. The average Bonchev–Trinajstić information content (AvgIpc) is 2.92. The van der Waals surface area contributed by atoms with E-state index in [9.17, 15) is 14.7 Å². The Balaban J connectivity index is 2.11. The fourth-order valence-corrected chi connectivity index (χ4v) is 4.76. The molecule has 1 aromatic rings. The Labute approximate surface area is 159 Å². The summed E-state index contributed by atoms with van der Waals surface area (Å²) in [6.45, 7) is 7.33. The number of aryl methyl sites for hydroxylation is 1. The Bertz CT molecular complexity index is 627. The van der Waals surface area contributed by atoms with E-state index < -0.39 is 0 Å². The van der Waals surface area contributed by atoms with Crippen LogP contribution in [0.1, 0.15) is 60.3 Å². The molecule has 0 aromatic carbocycles. The van der Waals surface area contributed by atoms with Crippen molar-refractivity contribution in [1.82, 2.24) is 4.90 Å². The zero-order valence-electron chi connectivity index (χ0n) is 16.0. The van der Waals surface area contributed by atoms with Gasteiger partial charge in [0.15, 0.2) is 0 Å². The lowest BCUT2D eigenvalue weighted by atomic mass is 10.00. The number of aliphatic hydroxyl groups is 1. The van der Waals surface area contributed by atoms with Crippen molar-refractivity contribution in [2.75, 3.05) is 31.6 Å². The summed E-state index contributed by atoms with van der Waals surface area (Å²) in [6, 6.07) is 0.250. The van der Waals surface area contributed by atoms with E-state index in [0.717, 1.165) is 42.7 Å². The van der Waals surface area contributed by atoms with Crippen LogP contribution in [0.2, 0.25) is 0 Å². The highest BCUT2D eigenvalue weighted by Crippen LogP contribution is 2.34.